The fourth-order valence-electron chi connectivity index (χ4n) is 1.50. The Morgan fingerprint density at radius 2 is 2.07 bits per heavy atom. The Bertz CT molecular complexity index is 249. The summed E-state index contributed by atoms with van der Waals surface area (Å²) in [5.74, 6) is 0.325. The molecule has 0 aromatic heterocycles. The van der Waals surface area contributed by atoms with Gasteiger partial charge in [0.2, 0.25) is 11.8 Å². The van der Waals surface area contributed by atoms with Gasteiger partial charge < -0.3 is 15.5 Å². The fourth-order valence-corrected chi connectivity index (χ4v) is 1.50. The molecule has 1 aliphatic heterocycles. The van der Waals surface area contributed by atoms with Crippen molar-refractivity contribution in [1.82, 2.24) is 15.5 Å². The first-order chi connectivity index (χ1) is 7.00. The van der Waals surface area contributed by atoms with Gasteiger partial charge in [-0.25, -0.2) is 0 Å². The van der Waals surface area contributed by atoms with E-state index in [1.54, 1.807) is 21.0 Å². The number of nitrogens with one attached hydrogen (secondary N) is 2. The third-order valence-corrected chi connectivity index (χ3v) is 2.53. The van der Waals surface area contributed by atoms with Crippen molar-refractivity contribution in [2.75, 3.05) is 27.2 Å². The van der Waals surface area contributed by atoms with E-state index >= 15 is 0 Å². The zero-order chi connectivity index (χ0) is 11.4. The second kappa shape index (κ2) is 5.11. The van der Waals surface area contributed by atoms with E-state index in [0.717, 1.165) is 13.1 Å². The molecule has 0 spiro atoms. The molecule has 1 unspecified atom stereocenters. The monoisotopic (exact) mass is 213 g/mol. The standard InChI is InChI=1S/C10H19N3O2/c1-7(10(15)13(2)3)12-9(14)4-8-5-11-6-8/h7-8,11H,4-6H2,1-3H3,(H,12,14). The van der Waals surface area contributed by atoms with E-state index in [1.165, 1.54) is 4.90 Å². The van der Waals surface area contributed by atoms with Gasteiger partial charge in [0.25, 0.3) is 0 Å². The number of nitrogens with zero attached hydrogens (tertiary/aromatic N) is 1. The first kappa shape index (κ1) is 12.0. The van der Waals surface area contributed by atoms with Crippen LogP contribution >= 0.6 is 0 Å². The maximum absolute atomic E-state index is 11.5. The number of amides is 2. The lowest BCUT2D eigenvalue weighted by atomic mass is 9.99. The van der Waals surface area contributed by atoms with Crippen LogP contribution in [-0.4, -0.2) is 49.9 Å². The minimum Gasteiger partial charge on any atom is -0.347 e. The molecule has 0 aromatic carbocycles. The van der Waals surface area contributed by atoms with Crippen LogP contribution in [0.5, 0.6) is 0 Å². The molecule has 0 bridgehead atoms. The van der Waals surface area contributed by atoms with E-state index in [-0.39, 0.29) is 11.8 Å². The molecule has 5 nitrogen and oxygen atoms in total. The van der Waals surface area contributed by atoms with E-state index in [2.05, 4.69) is 10.6 Å². The van der Waals surface area contributed by atoms with E-state index in [0.29, 0.717) is 12.3 Å². The van der Waals surface area contributed by atoms with Crippen molar-refractivity contribution >= 4 is 11.8 Å². The Balaban J connectivity index is 2.26. The molecule has 2 N–H and O–H groups in total. The second-order valence-corrected chi connectivity index (χ2v) is 4.25. The summed E-state index contributed by atoms with van der Waals surface area (Å²) in [6.45, 7) is 3.52. The summed E-state index contributed by atoms with van der Waals surface area (Å²) in [6.07, 6.45) is 0.512. The molecule has 1 rings (SSSR count). The van der Waals surface area contributed by atoms with Gasteiger partial charge in [0, 0.05) is 20.5 Å². The van der Waals surface area contributed by atoms with Crippen LogP contribution in [0.2, 0.25) is 0 Å². The van der Waals surface area contributed by atoms with Crippen LogP contribution in [0.25, 0.3) is 0 Å². The Labute approximate surface area is 90.2 Å². The quantitative estimate of drug-likeness (QED) is 0.642. The highest BCUT2D eigenvalue weighted by atomic mass is 16.2. The van der Waals surface area contributed by atoms with E-state index in [9.17, 15) is 9.59 Å². The summed E-state index contributed by atoms with van der Waals surface area (Å²) in [5, 5.41) is 5.81. The van der Waals surface area contributed by atoms with Crippen LogP contribution in [-0.2, 0) is 9.59 Å². The number of likely N-dealkylation sites (N-methyl/N-ethyl adjacent to an activating group) is 1. The SMILES string of the molecule is CC(NC(=O)CC1CNC1)C(=O)N(C)C. The molecule has 1 heterocycles. The summed E-state index contributed by atoms with van der Waals surface area (Å²) in [6, 6.07) is -0.430. The van der Waals surface area contributed by atoms with Crippen LogP contribution in [0.3, 0.4) is 0 Å². The second-order valence-electron chi connectivity index (χ2n) is 4.25. The molecule has 0 aromatic rings. The van der Waals surface area contributed by atoms with Crippen LogP contribution in [0.15, 0.2) is 0 Å². The van der Waals surface area contributed by atoms with Crippen molar-refractivity contribution in [3.05, 3.63) is 0 Å². The lowest BCUT2D eigenvalue weighted by Gasteiger charge is -2.27. The highest BCUT2D eigenvalue weighted by molar-refractivity contribution is 5.87. The number of hydrogen-bond donors (Lipinski definition) is 2. The van der Waals surface area contributed by atoms with Crippen molar-refractivity contribution in [3.8, 4) is 0 Å². The zero-order valence-corrected chi connectivity index (χ0v) is 9.54. The minimum absolute atomic E-state index is 0.0378. The van der Waals surface area contributed by atoms with Gasteiger partial charge in [0.15, 0.2) is 0 Å². The first-order valence-electron chi connectivity index (χ1n) is 5.22. The zero-order valence-electron chi connectivity index (χ0n) is 9.54. The molecule has 0 saturated carbocycles. The van der Waals surface area contributed by atoms with Gasteiger partial charge >= 0.3 is 0 Å². The molecule has 0 radical (unpaired) electrons. The van der Waals surface area contributed by atoms with E-state index in [1.807, 2.05) is 0 Å². The molecule has 15 heavy (non-hydrogen) atoms. The van der Waals surface area contributed by atoms with Crippen LogP contribution < -0.4 is 10.6 Å². The van der Waals surface area contributed by atoms with E-state index in [4.69, 9.17) is 0 Å². The Morgan fingerprint density at radius 3 is 2.47 bits per heavy atom. The molecule has 0 aliphatic carbocycles. The number of carbonyl (C=O) groups excluding carboxylic acids is 2. The lowest BCUT2D eigenvalue weighted by molar-refractivity contribution is -0.134. The van der Waals surface area contributed by atoms with Crippen molar-refractivity contribution in [1.29, 1.82) is 0 Å². The Hall–Kier alpha value is -1.10. The van der Waals surface area contributed by atoms with Crippen molar-refractivity contribution in [3.63, 3.8) is 0 Å². The molecular formula is C10H19N3O2. The number of rotatable bonds is 4. The van der Waals surface area contributed by atoms with Gasteiger partial charge in [-0.05, 0) is 25.9 Å². The van der Waals surface area contributed by atoms with Crippen molar-refractivity contribution in [2.45, 2.75) is 19.4 Å². The normalized spacial score (nSPS) is 17.8. The lowest BCUT2D eigenvalue weighted by Crippen LogP contribution is -2.48. The van der Waals surface area contributed by atoms with Crippen LogP contribution in [0.4, 0.5) is 0 Å². The third-order valence-electron chi connectivity index (χ3n) is 2.53. The van der Waals surface area contributed by atoms with Gasteiger partial charge in [0.05, 0.1) is 0 Å². The summed E-state index contributed by atoms with van der Waals surface area (Å²) in [5.41, 5.74) is 0. The molecule has 86 valence electrons. The highest BCUT2D eigenvalue weighted by Crippen LogP contribution is 2.07. The van der Waals surface area contributed by atoms with Gasteiger partial charge in [-0.2, -0.15) is 0 Å². The average molecular weight is 213 g/mol. The van der Waals surface area contributed by atoms with Crippen molar-refractivity contribution < 1.29 is 9.59 Å². The maximum Gasteiger partial charge on any atom is 0.244 e. The predicted molar refractivity (Wildman–Crippen MR) is 57.3 cm³/mol. The molecule has 1 atom stereocenters. The minimum atomic E-state index is -0.430. The molecule has 1 saturated heterocycles. The number of hydrogen-bond acceptors (Lipinski definition) is 3. The molecule has 2 amide bonds. The molecule has 1 aliphatic rings. The highest BCUT2D eigenvalue weighted by Gasteiger charge is 2.22. The molecular weight excluding hydrogens is 194 g/mol. The van der Waals surface area contributed by atoms with Gasteiger partial charge in [-0.1, -0.05) is 0 Å². The van der Waals surface area contributed by atoms with E-state index < -0.39 is 6.04 Å². The van der Waals surface area contributed by atoms with Gasteiger partial charge in [-0.15, -0.1) is 0 Å². The Morgan fingerprint density at radius 1 is 1.47 bits per heavy atom. The number of carbonyl (C=O) groups is 2. The molecule has 5 heteroatoms. The average Bonchev–Trinajstić information content (AvgIpc) is 2.09. The summed E-state index contributed by atoms with van der Waals surface area (Å²) >= 11 is 0. The summed E-state index contributed by atoms with van der Waals surface area (Å²) in [7, 11) is 3.36. The van der Waals surface area contributed by atoms with Gasteiger partial charge in [0.1, 0.15) is 6.04 Å². The van der Waals surface area contributed by atoms with Crippen molar-refractivity contribution in [2.24, 2.45) is 5.92 Å². The molecule has 1 fully saturated rings. The predicted octanol–water partition coefficient (Wildman–Crippen LogP) is -0.811. The first-order valence-corrected chi connectivity index (χ1v) is 5.22. The maximum atomic E-state index is 11.5. The smallest absolute Gasteiger partial charge is 0.244 e. The topological polar surface area (TPSA) is 61.4 Å². The van der Waals surface area contributed by atoms with Crippen LogP contribution in [0, 0.1) is 5.92 Å². The summed E-state index contributed by atoms with van der Waals surface area (Å²) in [4.78, 5) is 24.4. The largest absolute Gasteiger partial charge is 0.347 e. The summed E-state index contributed by atoms with van der Waals surface area (Å²) < 4.78 is 0. The van der Waals surface area contributed by atoms with Crippen LogP contribution in [0.1, 0.15) is 13.3 Å². The third kappa shape index (κ3) is 3.51. The Kier molecular flexibility index (Phi) is 4.08. The van der Waals surface area contributed by atoms with Gasteiger partial charge in [-0.3, -0.25) is 9.59 Å². The fraction of sp³-hybridized carbons (Fsp3) is 0.800.